The summed E-state index contributed by atoms with van der Waals surface area (Å²) in [6, 6.07) is 13.1. The van der Waals surface area contributed by atoms with Crippen LogP contribution >= 0.6 is 0 Å². The van der Waals surface area contributed by atoms with E-state index in [1.807, 2.05) is 24.3 Å². The van der Waals surface area contributed by atoms with E-state index < -0.39 is 10.0 Å². The first kappa shape index (κ1) is 25.6. The Morgan fingerprint density at radius 2 is 1.59 bits per heavy atom. The predicted octanol–water partition coefficient (Wildman–Crippen LogP) is 1.91. The Hall–Kier alpha value is -2.98. The zero-order valence-electron chi connectivity index (χ0n) is 20.0. The van der Waals surface area contributed by atoms with Crippen molar-refractivity contribution in [3.05, 3.63) is 48.0 Å². The molecule has 3 rings (SSSR count). The molecule has 1 amide bonds. The zero-order chi connectivity index (χ0) is 24.6. The van der Waals surface area contributed by atoms with Crippen LogP contribution in [0.15, 0.2) is 42.5 Å². The van der Waals surface area contributed by atoms with Gasteiger partial charge in [0, 0.05) is 38.4 Å². The van der Waals surface area contributed by atoms with Crippen molar-refractivity contribution in [2.24, 2.45) is 0 Å². The van der Waals surface area contributed by atoms with Gasteiger partial charge in [0.15, 0.2) is 11.5 Å². The van der Waals surface area contributed by atoms with E-state index in [9.17, 15) is 13.2 Å². The van der Waals surface area contributed by atoms with Crippen LogP contribution in [0.3, 0.4) is 0 Å². The summed E-state index contributed by atoms with van der Waals surface area (Å²) in [7, 11) is 1.36. The van der Waals surface area contributed by atoms with Crippen molar-refractivity contribution >= 4 is 21.6 Å². The zero-order valence-corrected chi connectivity index (χ0v) is 20.8. The van der Waals surface area contributed by atoms with Gasteiger partial charge in [-0.25, -0.2) is 8.42 Å². The SMILES string of the molecule is COc1ccc(N2CCN(S(=O)(=O)CCCNC(=O)Cc3ccc(OC)c(OC)c3)CC2)cc1. The molecule has 0 saturated carbocycles. The molecule has 1 heterocycles. The van der Waals surface area contributed by atoms with Gasteiger partial charge in [-0.2, -0.15) is 4.31 Å². The highest BCUT2D eigenvalue weighted by Gasteiger charge is 2.26. The Labute approximate surface area is 201 Å². The van der Waals surface area contributed by atoms with E-state index in [-0.39, 0.29) is 18.1 Å². The fourth-order valence-electron chi connectivity index (χ4n) is 3.87. The summed E-state index contributed by atoms with van der Waals surface area (Å²) in [4.78, 5) is 14.4. The third-order valence-corrected chi connectivity index (χ3v) is 7.74. The molecule has 9 nitrogen and oxygen atoms in total. The Morgan fingerprint density at radius 3 is 2.21 bits per heavy atom. The van der Waals surface area contributed by atoms with Crippen LogP contribution in [-0.4, -0.2) is 78.4 Å². The van der Waals surface area contributed by atoms with Crippen molar-refractivity contribution in [2.75, 3.05) is 64.7 Å². The Balaban J connectivity index is 1.40. The minimum absolute atomic E-state index is 0.00613. The summed E-state index contributed by atoms with van der Waals surface area (Å²) in [6.45, 7) is 2.46. The highest BCUT2D eigenvalue weighted by molar-refractivity contribution is 7.89. The molecular weight excluding hydrogens is 458 g/mol. The van der Waals surface area contributed by atoms with Crippen LogP contribution in [0.4, 0.5) is 5.69 Å². The summed E-state index contributed by atoms with van der Waals surface area (Å²) in [6.07, 6.45) is 0.541. The normalized spacial score (nSPS) is 14.5. The fraction of sp³-hybridized carbons (Fsp3) is 0.458. The number of benzene rings is 2. The molecule has 186 valence electrons. The first-order valence-corrected chi connectivity index (χ1v) is 12.8. The van der Waals surface area contributed by atoms with E-state index >= 15 is 0 Å². The van der Waals surface area contributed by atoms with Crippen molar-refractivity contribution in [3.63, 3.8) is 0 Å². The molecule has 1 aliphatic rings. The Kier molecular flexibility index (Phi) is 9.00. The lowest BCUT2D eigenvalue weighted by Crippen LogP contribution is -2.49. The first-order chi connectivity index (χ1) is 16.4. The van der Waals surface area contributed by atoms with Gasteiger partial charge in [-0.15, -0.1) is 0 Å². The molecule has 10 heteroatoms. The lowest BCUT2D eigenvalue weighted by molar-refractivity contribution is -0.120. The van der Waals surface area contributed by atoms with Crippen molar-refractivity contribution in [3.8, 4) is 17.2 Å². The number of hydrogen-bond donors (Lipinski definition) is 1. The molecule has 0 bridgehead atoms. The van der Waals surface area contributed by atoms with Gasteiger partial charge in [0.1, 0.15) is 5.75 Å². The molecule has 1 N–H and O–H groups in total. The van der Waals surface area contributed by atoms with Crippen LogP contribution in [-0.2, 0) is 21.2 Å². The van der Waals surface area contributed by atoms with Crippen molar-refractivity contribution in [1.29, 1.82) is 0 Å². The Bertz CT molecular complexity index is 1050. The van der Waals surface area contributed by atoms with Gasteiger partial charge in [-0.1, -0.05) is 6.07 Å². The standard InChI is InChI=1S/C24H33N3O6S/c1-31-21-8-6-20(7-9-21)26-12-14-27(15-13-26)34(29,30)16-4-11-25-24(28)18-19-5-10-22(32-2)23(17-19)33-3/h5-10,17H,4,11-16,18H2,1-3H3,(H,25,28). The molecule has 1 fully saturated rings. The number of nitrogens with zero attached hydrogens (tertiary/aromatic N) is 2. The molecule has 2 aromatic carbocycles. The maximum atomic E-state index is 12.7. The lowest BCUT2D eigenvalue weighted by atomic mass is 10.1. The molecule has 0 aromatic heterocycles. The average molecular weight is 492 g/mol. The molecule has 2 aromatic rings. The molecule has 0 spiro atoms. The number of nitrogens with one attached hydrogen (secondary N) is 1. The molecule has 0 aliphatic carbocycles. The summed E-state index contributed by atoms with van der Waals surface area (Å²) in [5.74, 6) is 1.79. The minimum Gasteiger partial charge on any atom is -0.497 e. The summed E-state index contributed by atoms with van der Waals surface area (Å²) in [5.41, 5.74) is 1.84. The van der Waals surface area contributed by atoms with Gasteiger partial charge < -0.3 is 24.4 Å². The van der Waals surface area contributed by atoms with E-state index in [1.165, 1.54) is 0 Å². The van der Waals surface area contributed by atoms with Crippen LogP contribution in [0, 0.1) is 0 Å². The van der Waals surface area contributed by atoms with E-state index in [0.29, 0.717) is 50.6 Å². The van der Waals surface area contributed by atoms with Gasteiger partial charge in [-0.3, -0.25) is 4.79 Å². The van der Waals surface area contributed by atoms with Crippen LogP contribution in [0.25, 0.3) is 0 Å². The number of hydrogen-bond acceptors (Lipinski definition) is 7. The van der Waals surface area contributed by atoms with Crippen LogP contribution < -0.4 is 24.4 Å². The number of anilines is 1. The number of amides is 1. The predicted molar refractivity (Wildman–Crippen MR) is 131 cm³/mol. The minimum atomic E-state index is -3.37. The number of carbonyl (C=O) groups excluding carboxylic acids is 1. The second kappa shape index (κ2) is 11.9. The topological polar surface area (TPSA) is 97.4 Å². The maximum absolute atomic E-state index is 12.7. The van der Waals surface area contributed by atoms with Crippen LogP contribution in [0.1, 0.15) is 12.0 Å². The summed E-state index contributed by atoms with van der Waals surface area (Å²) in [5, 5.41) is 2.80. The van der Waals surface area contributed by atoms with Gasteiger partial charge in [0.05, 0.1) is 33.5 Å². The first-order valence-electron chi connectivity index (χ1n) is 11.2. The fourth-order valence-corrected chi connectivity index (χ4v) is 5.35. The number of rotatable bonds is 11. The third-order valence-electron chi connectivity index (χ3n) is 5.78. The monoisotopic (exact) mass is 491 g/mol. The summed E-state index contributed by atoms with van der Waals surface area (Å²) < 4.78 is 42.6. The highest BCUT2D eigenvalue weighted by Crippen LogP contribution is 2.27. The lowest BCUT2D eigenvalue weighted by Gasteiger charge is -2.35. The van der Waals surface area contributed by atoms with Crippen LogP contribution in [0.5, 0.6) is 17.2 Å². The average Bonchev–Trinajstić information content (AvgIpc) is 2.86. The largest absolute Gasteiger partial charge is 0.497 e. The molecule has 0 unspecified atom stereocenters. The second-order valence-electron chi connectivity index (χ2n) is 7.97. The smallest absolute Gasteiger partial charge is 0.224 e. The van der Waals surface area contributed by atoms with Gasteiger partial charge in [0.2, 0.25) is 15.9 Å². The van der Waals surface area contributed by atoms with Gasteiger partial charge >= 0.3 is 0 Å². The second-order valence-corrected chi connectivity index (χ2v) is 10.1. The molecular formula is C24H33N3O6S. The quantitative estimate of drug-likeness (QED) is 0.480. The molecule has 1 saturated heterocycles. The molecule has 0 radical (unpaired) electrons. The third kappa shape index (κ3) is 6.77. The number of methoxy groups -OCH3 is 3. The molecule has 1 aliphatic heterocycles. The number of sulfonamides is 1. The van der Waals surface area contributed by atoms with E-state index in [1.54, 1.807) is 43.8 Å². The van der Waals surface area contributed by atoms with Crippen molar-refractivity contribution < 1.29 is 27.4 Å². The van der Waals surface area contributed by atoms with E-state index in [2.05, 4.69) is 10.2 Å². The number of piperazine rings is 1. The van der Waals surface area contributed by atoms with E-state index in [4.69, 9.17) is 14.2 Å². The van der Waals surface area contributed by atoms with E-state index in [0.717, 1.165) is 17.0 Å². The van der Waals surface area contributed by atoms with Gasteiger partial charge in [0.25, 0.3) is 0 Å². The molecule has 0 atom stereocenters. The number of carbonyl (C=O) groups is 1. The Morgan fingerprint density at radius 1 is 0.912 bits per heavy atom. The van der Waals surface area contributed by atoms with Crippen LogP contribution in [0.2, 0.25) is 0 Å². The molecule has 34 heavy (non-hydrogen) atoms. The van der Waals surface area contributed by atoms with Crippen molar-refractivity contribution in [2.45, 2.75) is 12.8 Å². The summed E-state index contributed by atoms with van der Waals surface area (Å²) >= 11 is 0. The van der Waals surface area contributed by atoms with Gasteiger partial charge in [-0.05, 0) is 48.4 Å². The number of ether oxygens (including phenoxy) is 3. The highest BCUT2D eigenvalue weighted by atomic mass is 32.2. The van der Waals surface area contributed by atoms with Crippen molar-refractivity contribution in [1.82, 2.24) is 9.62 Å². The maximum Gasteiger partial charge on any atom is 0.224 e.